The van der Waals surface area contributed by atoms with Crippen molar-refractivity contribution < 1.29 is 0 Å². The summed E-state index contributed by atoms with van der Waals surface area (Å²) in [5.41, 5.74) is 5.06. The standard InChI is InChI=1S/C22H26N6/c1-17-6-8-19(9-7-17)15-23-21-16-24-26-22(25-21)28-12-10-27(11-13-28)20-5-3-4-18(2)14-20/h3-9,14,16H,10-13,15H2,1-2H3,(H,23,25,26). The molecule has 2 heterocycles. The first-order chi connectivity index (χ1) is 13.7. The van der Waals surface area contributed by atoms with Gasteiger partial charge in [0.1, 0.15) is 0 Å². The fourth-order valence-corrected chi connectivity index (χ4v) is 3.40. The van der Waals surface area contributed by atoms with Crippen LogP contribution >= 0.6 is 0 Å². The van der Waals surface area contributed by atoms with Crippen LogP contribution in [0, 0.1) is 13.8 Å². The first kappa shape index (κ1) is 18.2. The van der Waals surface area contributed by atoms with Crippen LogP contribution in [0.5, 0.6) is 0 Å². The molecule has 0 amide bonds. The van der Waals surface area contributed by atoms with Crippen LogP contribution in [0.1, 0.15) is 16.7 Å². The van der Waals surface area contributed by atoms with E-state index >= 15 is 0 Å². The Morgan fingerprint density at radius 3 is 2.39 bits per heavy atom. The van der Waals surface area contributed by atoms with Crippen LogP contribution in [-0.2, 0) is 6.54 Å². The van der Waals surface area contributed by atoms with Gasteiger partial charge in [0.2, 0.25) is 5.95 Å². The zero-order chi connectivity index (χ0) is 19.3. The van der Waals surface area contributed by atoms with Gasteiger partial charge in [0.05, 0.1) is 6.20 Å². The number of anilines is 3. The first-order valence-electron chi connectivity index (χ1n) is 9.73. The third kappa shape index (κ3) is 4.39. The summed E-state index contributed by atoms with van der Waals surface area (Å²) in [5.74, 6) is 1.45. The van der Waals surface area contributed by atoms with Gasteiger partial charge in [-0.15, -0.1) is 5.10 Å². The quantitative estimate of drug-likeness (QED) is 0.738. The second-order valence-corrected chi connectivity index (χ2v) is 7.29. The molecule has 4 rings (SSSR count). The summed E-state index contributed by atoms with van der Waals surface area (Å²) >= 11 is 0. The Balaban J connectivity index is 1.36. The van der Waals surface area contributed by atoms with E-state index < -0.39 is 0 Å². The summed E-state index contributed by atoms with van der Waals surface area (Å²) in [6.07, 6.45) is 1.68. The van der Waals surface area contributed by atoms with Gasteiger partial charge in [0.25, 0.3) is 0 Å². The lowest BCUT2D eigenvalue weighted by Crippen LogP contribution is -2.47. The molecule has 3 aromatic rings. The number of hydrogen-bond donors (Lipinski definition) is 1. The van der Waals surface area contributed by atoms with Gasteiger partial charge >= 0.3 is 0 Å². The molecule has 1 saturated heterocycles. The minimum atomic E-state index is 0.692. The van der Waals surface area contributed by atoms with Crippen molar-refractivity contribution in [3.05, 3.63) is 71.4 Å². The van der Waals surface area contributed by atoms with Crippen molar-refractivity contribution in [2.75, 3.05) is 41.3 Å². The van der Waals surface area contributed by atoms with Crippen LogP contribution in [0.4, 0.5) is 17.5 Å². The van der Waals surface area contributed by atoms with Crippen LogP contribution < -0.4 is 15.1 Å². The fourth-order valence-electron chi connectivity index (χ4n) is 3.40. The highest BCUT2D eigenvalue weighted by atomic mass is 15.4. The van der Waals surface area contributed by atoms with Crippen molar-refractivity contribution in [3.63, 3.8) is 0 Å². The molecular formula is C22H26N6. The average molecular weight is 374 g/mol. The molecule has 1 N–H and O–H groups in total. The Hall–Kier alpha value is -3.15. The van der Waals surface area contributed by atoms with E-state index in [2.05, 4.69) is 92.7 Å². The minimum absolute atomic E-state index is 0.692. The smallest absolute Gasteiger partial charge is 0.247 e. The van der Waals surface area contributed by atoms with Gasteiger partial charge < -0.3 is 15.1 Å². The number of benzene rings is 2. The van der Waals surface area contributed by atoms with Crippen molar-refractivity contribution in [2.24, 2.45) is 0 Å². The number of aryl methyl sites for hydroxylation is 2. The number of rotatable bonds is 5. The van der Waals surface area contributed by atoms with Crippen LogP contribution in [-0.4, -0.2) is 41.4 Å². The lowest BCUT2D eigenvalue weighted by Gasteiger charge is -2.36. The molecule has 1 fully saturated rings. The Bertz CT molecular complexity index is 916. The van der Waals surface area contributed by atoms with E-state index in [-0.39, 0.29) is 0 Å². The maximum atomic E-state index is 4.66. The second kappa shape index (κ2) is 8.25. The van der Waals surface area contributed by atoms with Crippen LogP contribution in [0.3, 0.4) is 0 Å². The Morgan fingerprint density at radius 1 is 0.893 bits per heavy atom. The highest BCUT2D eigenvalue weighted by molar-refractivity contribution is 5.50. The molecule has 0 bridgehead atoms. The Labute approximate surface area is 166 Å². The van der Waals surface area contributed by atoms with Gasteiger partial charge in [-0.3, -0.25) is 0 Å². The molecule has 1 aliphatic heterocycles. The van der Waals surface area contributed by atoms with E-state index in [9.17, 15) is 0 Å². The van der Waals surface area contributed by atoms with E-state index in [1.54, 1.807) is 6.20 Å². The maximum absolute atomic E-state index is 4.66. The first-order valence-corrected chi connectivity index (χ1v) is 9.73. The monoisotopic (exact) mass is 374 g/mol. The topological polar surface area (TPSA) is 57.2 Å². The van der Waals surface area contributed by atoms with Crippen molar-refractivity contribution in [2.45, 2.75) is 20.4 Å². The summed E-state index contributed by atoms with van der Waals surface area (Å²) in [6, 6.07) is 17.2. The summed E-state index contributed by atoms with van der Waals surface area (Å²) in [7, 11) is 0. The lowest BCUT2D eigenvalue weighted by atomic mass is 10.1. The summed E-state index contributed by atoms with van der Waals surface area (Å²) in [6.45, 7) is 8.63. The third-order valence-electron chi connectivity index (χ3n) is 5.07. The van der Waals surface area contributed by atoms with E-state index in [4.69, 9.17) is 0 Å². The molecule has 0 radical (unpaired) electrons. The molecule has 6 nitrogen and oxygen atoms in total. The molecule has 0 atom stereocenters. The van der Waals surface area contributed by atoms with E-state index in [0.29, 0.717) is 5.95 Å². The maximum Gasteiger partial charge on any atom is 0.247 e. The van der Waals surface area contributed by atoms with Gasteiger partial charge in [-0.1, -0.05) is 42.0 Å². The normalized spacial score (nSPS) is 14.2. The molecule has 0 unspecified atom stereocenters. The van der Waals surface area contributed by atoms with Gasteiger partial charge in [-0.25, -0.2) is 0 Å². The van der Waals surface area contributed by atoms with Gasteiger partial charge in [0, 0.05) is 38.4 Å². The van der Waals surface area contributed by atoms with Gasteiger partial charge in [-0.05, 0) is 37.1 Å². The SMILES string of the molecule is Cc1ccc(CNc2cnnc(N3CCN(c4cccc(C)c4)CC3)n2)cc1. The Kier molecular flexibility index (Phi) is 5.37. The number of piperazine rings is 1. The Morgan fingerprint density at radius 2 is 1.64 bits per heavy atom. The van der Waals surface area contributed by atoms with E-state index in [1.807, 2.05) is 0 Å². The molecule has 1 aliphatic rings. The minimum Gasteiger partial charge on any atom is -0.368 e. The third-order valence-corrected chi connectivity index (χ3v) is 5.07. The molecular weight excluding hydrogens is 348 g/mol. The van der Waals surface area contributed by atoms with Gasteiger partial charge in [-0.2, -0.15) is 10.1 Å². The summed E-state index contributed by atoms with van der Waals surface area (Å²) < 4.78 is 0. The molecule has 144 valence electrons. The highest BCUT2D eigenvalue weighted by Crippen LogP contribution is 2.20. The largest absolute Gasteiger partial charge is 0.368 e. The van der Waals surface area contributed by atoms with E-state index in [0.717, 1.165) is 38.5 Å². The van der Waals surface area contributed by atoms with Gasteiger partial charge in [0.15, 0.2) is 5.82 Å². The molecule has 0 saturated carbocycles. The molecule has 1 aromatic heterocycles. The average Bonchev–Trinajstić information content (AvgIpc) is 2.74. The second-order valence-electron chi connectivity index (χ2n) is 7.29. The number of hydrogen-bond acceptors (Lipinski definition) is 6. The zero-order valence-electron chi connectivity index (χ0n) is 16.5. The summed E-state index contributed by atoms with van der Waals surface area (Å²) in [4.78, 5) is 9.28. The molecule has 28 heavy (non-hydrogen) atoms. The number of nitrogens with one attached hydrogen (secondary N) is 1. The molecule has 2 aromatic carbocycles. The predicted octanol–water partition coefficient (Wildman–Crippen LogP) is 3.43. The van der Waals surface area contributed by atoms with Crippen molar-refractivity contribution >= 4 is 17.5 Å². The van der Waals surface area contributed by atoms with Crippen molar-refractivity contribution in [3.8, 4) is 0 Å². The van der Waals surface area contributed by atoms with Crippen molar-refractivity contribution in [1.29, 1.82) is 0 Å². The summed E-state index contributed by atoms with van der Waals surface area (Å²) in [5, 5.41) is 11.7. The fraction of sp³-hybridized carbons (Fsp3) is 0.318. The van der Waals surface area contributed by atoms with E-state index in [1.165, 1.54) is 22.4 Å². The van der Waals surface area contributed by atoms with Crippen LogP contribution in [0.2, 0.25) is 0 Å². The predicted molar refractivity (Wildman–Crippen MR) is 114 cm³/mol. The molecule has 0 aliphatic carbocycles. The lowest BCUT2D eigenvalue weighted by molar-refractivity contribution is 0.635. The van der Waals surface area contributed by atoms with Crippen LogP contribution in [0.15, 0.2) is 54.7 Å². The van der Waals surface area contributed by atoms with Crippen molar-refractivity contribution in [1.82, 2.24) is 15.2 Å². The zero-order valence-corrected chi connectivity index (χ0v) is 16.5. The molecule has 6 heteroatoms. The number of nitrogens with zero attached hydrogens (tertiary/aromatic N) is 5. The molecule has 0 spiro atoms. The van der Waals surface area contributed by atoms with Crippen LogP contribution in [0.25, 0.3) is 0 Å². The highest BCUT2D eigenvalue weighted by Gasteiger charge is 2.20. The number of aromatic nitrogens is 3.